The minimum Gasteiger partial charge on any atom is -0.277 e. The second kappa shape index (κ2) is 6.54. The van der Waals surface area contributed by atoms with Crippen molar-refractivity contribution < 1.29 is 0 Å². The lowest BCUT2D eigenvalue weighted by molar-refractivity contribution is 0.641. The zero-order chi connectivity index (χ0) is 21.2. The van der Waals surface area contributed by atoms with Gasteiger partial charge in [-0.2, -0.15) is 5.10 Å². The zero-order valence-electron chi connectivity index (χ0n) is 17.8. The summed E-state index contributed by atoms with van der Waals surface area (Å²) in [6.45, 7) is 2.32. The van der Waals surface area contributed by atoms with Gasteiger partial charge in [0.05, 0.1) is 11.2 Å². The Kier molecular flexibility index (Phi) is 3.63. The summed E-state index contributed by atoms with van der Waals surface area (Å²) in [4.78, 5) is 0. The smallest absolute Gasteiger partial charge is 0.0996 e. The molecule has 0 bridgehead atoms. The molecule has 0 saturated heterocycles. The summed E-state index contributed by atoms with van der Waals surface area (Å²) in [6, 6.07) is 28.6. The number of hydrogen-bond donors (Lipinski definition) is 1. The van der Waals surface area contributed by atoms with Crippen molar-refractivity contribution in [2.45, 2.75) is 12.8 Å². The number of allylic oxidation sites excluding steroid dienone is 4. The summed E-state index contributed by atoms with van der Waals surface area (Å²) in [6.07, 6.45) is 7.01. The molecule has 2 atom stereocenters. The zero-order valence-corrected chi connectivity index (χ0v) is 17.8. The lowest BCUT2D eigenvalue weighted by atomic mass is 9.79. The molecule has 2 nitrogen and oxygen atoms in total. The first-order valence-electron chi connectivity index (χ1n) is 11.3. The van der Waals surface area contributed by atoms with Crippen LogP contribution >= 0.6 is 0 Å². The number of H-pyrrole nitrogens is 1. The molecule has 7 rings (SSSR count). The average molecular weight is 411 g/mol. The highest BCUT2D eigenvalue weighted by Crippen LogP contribution is 2.49. The highest BCUT2D eigenvalue weighted by Gasteiger charge is 2.26. The fourth-order valence-electron chi connectivity index (χ4n) is 5.68. The van der Waals surface area contributed by atoms with Crippen molar-refractivity contribution >= 4 is 27.2 Å². The minimum atomic E-state index is 0.344. The standard InChI is InChI=1S/C30H22N2/c1-18-17-19(30-27-9-4-5-12-28(27)31-32-30)13-14-20(18)23-15-16-26-22-8-3-2-7-21(22)24-10-6-11-25(23)29(24)26/h2-18,20H,1H3,(H,31,32). The summed E-state index contributed by atoms with van der Waals surface area (Å²) < 4.78 is 0. The van der Waals surface area contributed by atoms with E-state index in [0.29, 0.717) is 11.8 Å². The highest BCUT2D eigenvalue weighted by atomic mass is 15.1. The number of hydrogen-bond acceptors (Lipinski definition) is 1. The lowest BCUT2D eigenvalue weighted by Crippen LogP contribution is -2.10. The van der Waals surface area contributed by atoms with Crippen LogP contribution in [0.4, 0.5) is 0 Å². The van der Waals surface area contributed by atoms with Crippen molar-refractivity contribution in [1.29, 1.82) is 0 Å². The molecule has 0 saturated carbocycles. The molecule has 2 aliphatic rings. The summed E-state index contributed by atoms with van der Waals surface area (Å²) in [5.74, 6) is 0.725. The first-order valence-corrected chi connectivity index (χ1v) is 11.3. The number of aromatic nitrogens is 2. The van der Waals surface area contributed by atoms with Gasteiger partial charge in [-0.15, -0.1) is 0 Å². The van der Waals surface area contributed by atoms with Crippen molar-refractivity contribution in [3.8, 4) is 22.3 Å². The van der Waals surface area contributed by atoms with E-state index in [2.05, 4.69) is 108 Å². The van der Waals surface area contributed by atoms with E-state index in [0.717, 1.165) is 11.2 Å². The Labute approximate surface area is 186 Å². The Morgan fingerprint density at radius 3 is 2.28 bits per heavy atom. The van der Waals surface area contributed by atoms with E-state index in [4.69, 9.17) is 0 Å². The Morgan fingerprint density at radius 2 is 1.44 bits per heavy atom. The third-order valence-corrected chi connectivity index (χ3v) is 7.18. The quantitative estimate of drug-likeness (QED) is 0.311. The van der Waals surface area contributed by atoms with Gasteiger partial charge in [-0.25, -0.2) is 0 Å². The van der Waals surface area contributed by atoms with Gasteiger partial charge in [0.25, 0.3) is 0 Å². The lowest BCUT2D eigenvalue weighted by Gasteiger charge is -2.25. The van der Waals surface area contributed by atoms with Crippen LogP contribution in [0.25, 0.3) is 49.5 Å². The third kappa shape index (κ3) is 2.38. The van der Waals surface area contributed by atoms with E-state index >= 15 is 0 Å². The fourth-order valence-corrected chi connectivity index (χ4v) is 5.68. The number of para-hydroxylation sites is 1. The molecule has 2 aliphatic carbocycles. The number of fused-ring (bicyclic) bond motifs is 4. The molecule has 2 heteroatoms. The van der Waals surface area contributed by atoms with Gasteiger partial charge in [0.1, 0.15) is 0 Å². The van der Waals surface area contributed by atoms with Crippen LogP contribution in [0.5, 0.6) is 0 Å². The van der Waals surface area contributed by atoms with Crippen LogP contribution < -0.4 is 0 Å². The summed E-state index contributed by atoms with van der Waals surface area (Å²) in [5.41, 5.74) is 10.2. The van der Waals surface area contributed by atoms with Crippen molar-refractivity contribution in [1.82, 2.24) is 10.2 Å². The molecule has 1 aromatic heterocycles. The molecule has 0 radical (unpaired) electrons. The van der Waals surface area contributed by atoms with Crippen LogP contribution in [0.15, 0.2) is 97.1 Å². The van der Waals surface area contributed by atoms with Crippen molar-refractivity contribution in [3.05, 3.63) is 108 Å². The summed E-state index contributed by atoms with van der Waals surface area (Å²) in [7, 11) is 0. The molecule has 152 valence electrons. The van der Waals surface area contributed by atoms with Crippen molar-refractivity contribution in [3.63, 3.8) is 0 Å². The van der Waals surface area contributed by atoms with Crippen LogP contribution in [0.1, 0.15) is 24.1 Å². The van der Waals surface area contributed by atoms with E-state index in [-0.39, 0.29) is 0 Å². The molecule has 2 unspecified atom stereocenters. The summed E-state index contributed by atoms with van der Waals surface area (Å²) >= 11 is 0. The summed E-state index contributed by atoms with van der Waals surface area (Å²) in [5, 5.41) is 11.7. The first kappa shape index (κ1) is 17.7. The van der Waals surface area contributed by atoms with Crippen LogP contribution in [-0.2, 0) is 0 Å². The van der Waals surface area contributed by atoms with E-state index in [1.165, 1.54) is 49.5 Å². The van der Waals surface area contributed by atoms with Crippen molar-refractivity contribution in [2.75, 3.05) is 0 Å². The maximum Gasteiger partial charge on any atom is 0.0996 e. The number of rotatable bonds is 2. The second-order valence-corrected chi connectivity index (χ2v) is 8.96. The van der Waals surface area contributed by atoms with E-state index in [9.17, 15) is 0 Å². The SMILES string of the molecule is CC1C=C(c2n[nH]c3ccccc23)C=CC1c1ccc2c3c(cccc13)-c1ccccc1-2. The molecule has 0 amide bonds. The van der Waals surface area contributed by atoms with Gasteiger partial charge in [-0.3, -0.25) is 5.10 Å². The van der Waals surface area contributed by atoms with Gasteiger partial charge in [-0.05, 0) is 56.1 Å². The van der Waals surface area contributed by atoms with E-state index < -0.39 is 0 Å². The molecule has 0 fully saturated rings. The molecule has 32 heavy (non-hydrogen) atoms. The van der Waals surface area contributed by atoms with Gasteiger partial charge in [0.2, 0.25) is 0 Å². The van der Waals surface area contributed by atoms with E-state index in [1.54, 1.807) is 0 Å². The highest BCUT2D eigenvalue weighted by molar-refractivity contribution is 6.16. The number of benzene rings is 4. The second-order valence-electron chi connectivity index (χ2n) is 8.96. The molecule has 0 spiro atoms. The molecule has 1 heterocycles. The van der Waals surface area contributed by atoms with Crippen LogP contribution in [0.3, 0.4) is 0 Å². The molecular weight excluding hydrogens is 388 g/mol. The average Bonchev–Trinajstić information content (AvgIpc) is 3.41. The predicted molar refractivity (Wildman–Crippen MR) is 133 cm³/mol. The monoisotopic (exact) mass is 410 g/mol. The van der Waals surface area contributed by atoms with Gasteiger partial charge in [0, 0.05) is 11.3 Å². The number of nitrogens with zero attached hydrogens (tertiary/aromatic N) is 1. The third-order valence-electron chi connectivity index (χ3n) is 7.18. The van der Waals surface area contributed by atoms with Crippen LogP contribution in [0.2, 0.25) is 0 Å². The number of nitrogens with one attached hydrogen (secondary N) is 1. The van der Waals surface area contributed by atoms with Crippen LogP contribution in [-0.4, -0.2) is 10.2 Å². The topological polar surface area (TPSA) is 28.7 Å². The van der Waals surface area contributed by atoms with Crippen molar-refractivity contribution in [2.24, 2.45) is 5.92 Å². The largest absolute Gasteiger partial charge is 0.277 e. The van der Waals surface area contributed by atoms with Gasteiger partial charge in [-0.1, -0.05) is 97.9 Å². The first-order chi connectivity index (χ1) is 15.8. The Balaban J connectivity index is 1.33. The Morgan fingerprint density at radius 1 is 0.719 bits per heavy atom. The normalized spacial score (nSPS) is 18.8. The molecule has 5 aromatic rings. The van der Waals surface area contributed by atoms with Gasteiger partial charge >= 0.3 is 0 Å². The molecular formula is C30H22N2. The minimum absolute atomic E-state index is 0.344. The van der Waals surface area contributed by atoms with E-state index in [1.807, 2.05) is 6.07 Å². The Bertz CT molecular complexity index is 1570. The fraction of sp³-hybridized carbons (Fsp3) is 0.100. The maximum atomic E-state index is 4.61. The number of aromatic amines is 1. The van der Waals surface area contributed by atoms with Crippen LogP contribution in [0, 0.1) is 5.92 Å². The van der Waals surface area contributed by atoms with Gasteiger partial charge < -0.3 is 0 Å². The molecule has 0 aliphatic heterocycles. The molecule has 4 aromatic carbocycles. The predicted octanol–water partition coefficient (Wildman–Crippen LogP) is 7.74. The maximum absolute atomic E-state index is 4.61. The Hall–Kier alpha value is -3.91. The van der Waals surface area contributed by atoms with Gasteiger partial charge in [0.15, 0.2) is 0 Å². The molecule has 1 N–H and O–H groups in total.